The van der Waals surface area contributed by atoms with Gasteiger partial charge in [0.05, 0.1) is 6.61 Å². The van der Waals surface area contributed by atoms with E-state index in [4.69, 9.17) is 4.74 Å². The molecule has 0 aliphatic heterocycles. The Bertz CT molecular complexity index is 466. The molecule has 0 aromatic carbocycles. The maximum Gasteiger partial charge on any atom is 0.178 e. The van der Waals surface area contributed by atoms with Crippen molar-refractivity contribution in [2.45, 2.75) is 26.7 Å². The van der Waals surface area contributed by atoms with E-state index in [-0.39, 0.29) is 0 Å². The van der Waals surface area contributed by atoms with Gasteiger partial charge in [0.15, 0.2) is 5.82 Å². The first-order valence-electron chi connectivity index (χ1n) is 6.24. The smallest absolute Gasteiger partial charge is 0.178 e. The van der Waals surface area contributed by atoms with Crippen molar-refractivity contribution in [3.63, 3.8) is 0 Å². The molecule has 4 nitrogen and oxygen atoms in total. The Kier molecular flexibility index (Phi) is 4.23. The highest BCUT2D eigenvalue weighted by atomic mass is 16.5. The van der Waals surface area contributed by atoms with E-state index in [1.807, 2.05) is 25.1 Å². The topological polar surface area (TPSA) is 47.9 Å². The molecule has 0 saturated heterocycles. The molecule has 94 valence electrons. The Morgan fingerprint density at radius 1 is 1.11 bits per heavy atom. The standard InChI is InChI=1S/C14H17N3O/c1-3-5-11-6-8-16-14(17-11)13-10-12(18-4-2)7-9-15-13/h6-10H,3-5H2,1-2H3. The molecule has 2 heterocycles. The van der Waals surface area contributed by atoms with Crippen LogP contribution in [0.15, 0.2) is 30.6 Å². The van der Waals surface area contributed by atoms with Crippen LogP contribution < -0.4 is 4.74 Å². The molecule has 0 bridgehead atoms. The van der Waals surface area contributed by atoms with Crippen LogP contribution in [0.2, 0.25) is 0 Å². The van der Waals surface area contributed by atoms with Crippen LogP contribution in [0.1, 0.15) is 26.0 Å². The van der Waals surface area contributed by atoms with E-state index in [0.29, 0.717) is 12.4 Å². The third kappa shape index (κ3) is 3.03. The molecule has 18 heavy (non-hydrogen) atoms. The summed E-state index contributed by atoms with van der Waals surface area (Å²) in [6.45, 7) is 4.73. The lowest BCUT2D eigenvalue weighted by Gasteiger charge is -2.05. The largest absolute Gasteiger partial charge is 0.494 e. The van der Waals surface area contributed by atoms with Gasteiger partial charge >= 0.3 is 0 Å². The molecule has 2 rings (SSSR count). The summed E-state index contributed by atoms with van der Waals surface area (Å²) in [7, 11) is 0. The first kappa shape index (κ1) is 12.5. The number of pyridine rings is 1. The fourth-order valence-corrected chi connectivity index (χ4v) is 1.70. The number of aromatic nitrogens is 3. The van der Waals surface area contributed by atoms with Gasteiger partial charge in [0, 0.05) is 24.2 Å². The van der Waals surface area contributed by atoms with Crippen LogP contribution in [0.3, 0.4) is 0 Å². The maximum absolute atomic E-state index is 5.45. The summed E-state index contributed by atoms with van der Waals surface area (Å²) < 4.78 is 5.45. The quantitative estimate of drug-likeness (QED) is 0.810. The van der Waals surface area contributed by atoms with Gasteiger partial charge < -0.3 is 4.74 Å². The van der Waals surface area contributed by atoms with Gasteiger partial charge in [0.2, 0.25) is 0 Å². The number of ether oxygens (including phenoxy) is 1. The van der Waals surface area contributed by atoms with Gasteiger partial charge in [-0.1, -0.05) is 13.3 Å². The van der Waals surface area contributed by atoms with Gasteiger partial charge in [-0.25, -0.2) is 9.97 Å². The summed E-state index contributed by atoms with van der Waals surface area (Å²) in [5.74, 6) is 1.45. The fraction of sp³-hybridized carbons (Fsp3) is 0.357. The molecule has 0 fully saturated rings. The SMILES string of the molecule is CCCc1ccnc(-c2cc(OCC)ccn2)n1. The summed E-state index contributed by atoms with van der Waals surface area (Å²) >= 11 is 0. The van der Waals surface area contributed by atoms with Gasteiger partial charge in [0.25, 0.3) is 0 Å². The predicted octanol–water partition coefficient (Wildman–Crippen LogP) is 2.89. The van der Waals surface area contributed by atoms with Crippen molar-refractivity contribution in [2.75, 3.05) is 6.61 Å². The molecule has 0 aliphatic carbocycles. The number of nitrogens with zero attached hydrogens (tertiary/aromatic N) is 3. The fourth-order valence-electron chi connectivity index (χ4n) is 1.70. The Morgan fingerprint density at radius 2 is 1.94 bits per heavy atom. The van der Waals surface area contributed by atoms with Gasteiger partial charge in [-0.2, -0.15) is 0 Å². The second kappa shape index (κ2) is 6.10. The van der Waals surface area contributed by atoms with E-state index in [2.05, 4.69) is 21.9 Å². The summed E-state index contributed by atoms with van der Waals surface area (Å²) in [5.41, 5.74) is 1.80. The van der Waals surface area contributed by atoms with E-state index in [1.54, 1.807) is 12.4 Å². The van der Waals surface area contributed by atoms with Gasteiger partial charge in [-0.3, -0.25) is 4.98 Å². The second-order valence-electron chi connectivity index (χ2n) is 3.93. The van der Waals surface area contributed by atoms with Crippen LogP contribution in [0.4, 0.5) is 0 Å². The van der Waals surface area contributed by atoms with E-state index >= 15 is 0 Å². The maximum atomic E-state index is 5.45. The van der Waals surface area contributed by atoms with E-state index in [9.17, 15) is 0 Å². The summed E-state index contributed by atoms with van der Waals surface area (Å²) in [5, 5.41) is 0. The molecular formula is C14H17N3O. The molecule has 0 spiro atoms. The Morgan fingerprint density at radius 3 is 2.72 bits per heavy atom. The molecule has 0 aliphatic rings. The van der Waals surface area contributed by atoms with Gasteiger partial charge in [0.1, 0.15) is 11.4 Å². The number of hydrogen-bond acceptors (Lipinski definition) is 4. The average molecular weight is 243 g/mol. The first-order chi connectivity index (χ1) is 8.83. The van der Waals surface area contributed by atoms with Crippen molar-refractivity contribution >= 4 is 0 Å². The molecule has 0 radical (unpaired) electrons. The minimum absolute atomic E-state index is 0.639. The summed E-state index contributed by atoms with van der Waals surface area (Å²) in [4.78, 5) is 13.1. The number of hydrogen-bond donors (Lipinski definition) is 0. The van der Waals surface area contributed by atoms with E-state index in [0.717, 1.165) is 30.0 Å². The molecule has 0 unspecified atom stereocenters. The Balaban J connectivity index is 2.29. The van der Waals surface area contributed by atoms with Crippen LogP contribution >= 0.6 is 0 Å². The second-order valence-corrected chi connectivity index (χ2v) is 3.93. The van der Waals surface area contributed by atoms with Crippen LogP contribution in [-0.4, -0.2) is 21.6 Å². The predicted molar refractivity (Wildman–Crippen MR) is 70.4 cm³/mol. The number of rotatable bonds is 5. The molecule has 0 N–H and O–H groups in total. The Hall–Kier alpha value is -1.97. The van der Waals surface area contributed by atoms with Crippen molar-refractivity contribution in [3.05, 3.63) is 36.3 Å². The first-order valence-corrected chi connectivity index (χ1v) is 6.24. The molecule has 2 aromatic heterocycles. The third-order valence-electron chi connectivity index (χ3n) is 2.49. The molecule has 0 saturated carbocycles. The normalized spacial score (nSPS) is 10.3. The highest BCUT2D eigenvalue weighted by Crippen LogP contribution is 2.18. The zero-order valence-electron chi connectivity index (χ0n) is 10.8. The molecular weight excluding hydrogens is 226 g/mol. The highest BCUT2D eigenvalue weighted by Gasteiger charge is 2.05. The van der Waals surface area contributed by atoms with Crippen molar-refractivity contribution in [1.29, 1.82) is 0 Å². The van der Waals surface area contributed by atoms with Crippen molar-refractivity contribution in [2.24, 2.45) is 0 Å². The molecule has 0 amide bonds. The van der Waals surface area contributed by atoms with Crippen molar-refractivity contribution < 1.29 is 4.74 Å². The van der Waals surface area contributed by atoms with Gasteiger partial charge in [-0.15, -0.1) is 0 Å². The van der Waals surface area contributed by atoms with E-state index < -0.39 is 0 Å². The minimum atomic E-state index is 0.639. The molecule has 2 aromatic rings. The number of aryl methyl sites for hydroxylation is 1. The van der Waals surface area contributed by atoms with Crippen LogP contribution in [0.5, 0.6) is 5.75 Å². The monoisotopic (exact) mass is 243 g/mol. The lowest BCUT2D eigenvalue weighted by molar-refractivity contribution is 0.340. The molecule has 0 atom stereocenters. The van der Waals surface area contributed by atoms with E-state index in [1.165, 1.54) is 0 Å². The average Bonchev–Trinajstić information content (AvgIpc) is 2.40. The third-order valence-corrected chi connectivity index (χ3v) is 2.49. The van der Waals surface area contributed by atoms with Crippen LogP contribution in [0.25, 0.3) is 11.5 Å². The van der Waals surface area contributed by atoms with Crippen molar-refractivity contribution in [3.8, 4) is 17.3 Å². The summed E-state index contributed by atoms with van der Waals surface area (Å²) in [6.07, 6.45) is 5.53. The van der Waals surface area contributed by atoms with Crippen molar-refractivity contribution in [1.82, 2.24) is 15.0 Å². The van der Waals surface area contributed by atoms with Crippen LogP contribution in [-0.2, 0) is 6.42 Å². The lowest BCUT2D eigenvalue weighted by atomic mass is 10.2. The lowest BCUT2D eigenvalue weighted by Crippen LogP contribution is -1.97. The minimum Gasteiger partial charge on any atom is -0.494 e. The summed E-state index contributed by atoms with van der Waals surface area (Å²) in [6, 6.07) is 5.65. The zero-order chi connectivity index (χ0) is 12.8. The van der Waals surface area contributed by atoms with Gasteiger partial charge in [-0.05, 0) is 25.5 Å². The van der Waals surface area contributed by atoms with Crippen LogP contribution in [0, 0.1) is 0 Å². The zero-order valence-corrected chi connectivity index (χ0v) is 10.8. The highest BCUT2D eigenvalue weighted by molar-refractivity contribution is 5.51. The Labute approximate surface area is 107 Å². The molecule has 4 heteroatoms.